The number of fused-ring (bicyclic) bond motifs is 2. The van der Waals surface area contributed by atoms with Crippen molar-refractivity contribution < 1.29 is 0 Å². The largest absolute Gasteiger partial charge is 0.310 e. The van der Waals surface area contributed by atoms with Crippen LogP contribution in [0.3, 0.4) is 0 Å². The minimum Gasteiger partial charge on any atom is -0.310 e. The molecule has 4 rings (SSSR count). The molecule has 1 aliphatic heterocycles. The maximum Gasteiger partial charge on any atom is 0.0517 e. The fraction of sp³-hybridized carbons (Fsp3) is 0.143. The van der Waals surface area contributed by atoms with Crippen LogP contribution in [0.2, 0.25) is 5.02 Å². The van der Waals surface area contributed by atoms with Gasteiger partial charge in [-0.25, -0.2) is 0 Å². The quantitative estimate of drug-likeness (QED) is 0.498. The molecule has 0 bridgehead atoms. The van der Waals surface area contributed by atoms with Gasteiger partial charge in [-0.05, 0) is 35.9 Å². The van der Waals surface area contributed by atoms with Gasteiger partial charge < -0.3 is 4.90 Å². The summed E-state index contributed by atoms with van der Waals surface area (Å²) in [4.78, 5) is 2.31. The molecule has 0 radical (unpaired) electrons. The van der Waals surface area contributed by atoms with Crippen molar-refractivity contribution in [2.45, 2.75) is 19.3 Å². The topological polar surface area (TPSA) is 3.24 Å². The summed E-state index contributed by atoms with van der Waals surface area (Å²) in [7, 11) is 0. The van der Waals surface area contributed by atoms with Crippen molar-refractivity contribution in [3.63, 3.8) is 0 Å². The first-order chi connectivity index (χ1) is 11.1. The lowest BCUT2D eigenvalue weighted by atomic mass is 9.73. The summed E-state index contributed by atoms with van der Waals surface area (Å²) in [6, 6.07) is 25.2. The van der Waals surface area contributed by atoms with Gasteiger partial charge in [-0.2, -0.15) is 0 Å². The van der Waals surface area contributed by atoms with Crippen molar-refractivity contribution in [2.75, 3.05) is 4.90 Å². The third-order valence-electron chi connectivity index (χ3n) is 4.69. The molecule has 0 N–H and O–H groups in total. The second-order valence-corrected chi connectivity index (χ2v) is 6.85. The van der Waals surface area contributed by atoms with E-state index in [1.165, 1.54) is 16.8 Å². The third-order valence-corrected chi connectivity index (χ3v) is 5.01. The molecule has 0 fully saturated rings. The summed E-state index contributed by atoms with van der Waals surface area (Å²) < 4.78 is 0. The number of para-hydroxylation sites is 2. The van der Waals surface area contributed by atoms with Crippen LogP contribution in [-0.4, -0.2) is 0 Å². The Balaban J connectivity index is 2.08. The number of nitrogens with zero attached hydrogens (tertiary/aromatic N) is 1. The first-order valence-corrected chi connectivity index (χ1v) is 8.22. The Kier molecular flexibility index (Phi) is 3.21. The fourth-order valence-electron chi connectivity index (χ4n) is 3.63. The Hall–Kier alpha value is -2.25. The highest BCUT2D eigenvalue weighted by atomic mass is 35.5. The van der Waals surface area contributed by atoms with Crippen molar-refractivity contribution in [3.8, 4) is 0 Å². The molecular formula is C21H18ClN. The maximum atomic E-state index is 6.62. The fourth-order valence-corrected chi connectivity index (χ4v) is 4.04. The molecule has 1 nitrogen and oxygen atoms in total. The number of anilines is 3. The maximum absolute atomic E-state index is 6.62. The molecule has 0 spiro atoms. The van der Waals surface area contributed by atoms with E-state index in [4.69, 9.17) is 11.6 Å². The van der Waals surface area contributed by atoms with E-state index in [0.29, 0.717) is 0 Å². The average Bonchev–Trinajstić information content (AvgIpc) is 2.56. The zero-order valence-corrected chi connectivity index (χ0v) is 14.0. The Morgan fingerprint density at radius 3 is 2.17 bits per heavy atom. The van der Waals surface area contributed by atoms with E-state index < -0.39 is 0 Å². The summed E-state index contributed by atoms with van der Waals surface area (Å²) >= 11 is 6.62. The molecule has 3 aromatic rings. The van der Waals surface area contributed by atoms with E-state index in [9.17, 15) is 0 Å². The van der Waals surface area contributed by atoms with Gasteiger partial charge in [0.1, 0.15) is 0 Å². The highest BCUT2D eigenvalue weighted by Crippen LogP contribution is 2.53. The number of rotatable bonds is 1. The number of hydrogen-bond acceptors (Lipinski definition) is 1. The number of hydrogen-bond donors (Lipinski definition) is 0. The molecule has 0 atom stereocenters. The highest BCUT2D eigenvalue weighted by molar-refractivity contribution is 6.32. The van der Waals surface area contributed by atoms with Gasteiger partial charge in [0, 0.05) is 21.7 Å². The van der Waals surface area contributed by atoms with Gasteiger partial charge >= 0.3 is 0 Å². The van der Waals surface area contributed by atoms with Gasteiger partial charge in [-0.15, -0.1) is 0 Å². The average molecular weight is 320 g/mol. The minimum absolute atomic E-state index is 0.129. The van der Waals surface area contributed by atoms with Crippen LogP contribution in [0.5, 0.6) is 0 Å². The van der Waals surface area contributed by atoms with Crippen LogP contribution in [0, 0.1) is 0 Å². The van der Waals surface area contributed by atoms with Crippen LogP contribution >= 0.6 is 11.6 Å². The summed E-state index contributed by atoms with van der Waals surface area (Å²) in [6.45, 7) is 4.50. The number of halogens is 1. The van der Waals surface area contributed by atoms with Crippen molar-refractivity contribution in [1.29, 1.82) is 0 Å². The van der Waals surface area contributed by atoms with Crippen LogP contribution in [0.15, 0.2) is 72.8 Å². The molecule has 0 amide bonds. The zero-order valence-electron chi connectivity index (χ0n) is 13.3. The second kappa shape index (κ2) is 5.14. The van der Waals surface area contributed by atoms with Crippen molar-refractivity contribution in [2.24, 2.45) is 0 Å². The van der Waals surface area contributed by atoms with E-state index in [-0.39, 0.29) is 5.41 Å². The normalized spacial score (nSPS) is 15.0. The van der Waals surface area contributed by atoms with Gasteiger partial charge in [0.25, 0.3) is 0 Å². The molecule has 0 aliphatic carbocycles. The second-order valence-electron chi connectivity index (χ2n) is 6.45. The van der Waals surface area contributed by atoms with Crippen molar-refractivity contribution in [3.05, 3.63) is 88.9 Å². The molecule has 0 saturated carbocycles. The van der Waals surface area contributed by atoms with Gasteiger partial charge in [0.05, 0.1) is 11.4 Å². The third kappa shape index (κ3) is 2.08. The van der Waals surface area contributed by atoms with E-state index >= 15 is 0 Å². The van der Waals surface area contributed by atoms with Gasteiger partial charge in [0.2, 0.25) is 0 Å². The van der Waals surface area contributed by atoms with Crippen molar-refractivity contribution in [1.82, 2.24) is 0 Å². The lowest BCUT2D eigenvalue weighted by molar-refractivity contribution is 0.632. The lowest BCUT2D eigenvalue weighted by Crippen LogP contribution is -2.30. The zero-order chi connectivity index (χ0) is 16.0. The van der Waals surface area contributed by atoms with Crippen LogP contribution in [0.1, 0.15) is 25.0 Å². The highest BCUT2D eigenvalue weighted by Gasteiger charge is 2.38. The van der Waals surface area contributed by atoms with Gasteiger partial charge in [0.15, 0.2) is 0 Å². The Morgan fingerprint density at radius 2 is 1.39 bits per heavy atom. The smallest absolute Gasteiger partial charge is 0.0517 e. The Labute approximate surface area is 142 Å². The minimum atomic E-state index is -0.129. The van der Waals surface area contributed by atoms with Crippen LogP contribution in [0.4, 0.5) is 17.1 Å². The predicted molar refractivity (Wildman–Crippen MR) is 98.3 cm³/mol. The SMILES string of the molecule is CC1(C)c2ccccc2N(c2ccccc2)c2cccc(Cl)c21. The molecule has 114 valence electrons. The first-order valence-electron chi connectivity index (χ1n) is 7.84. The van der Waals surface area contributed by atoms with Crippen molar-refractivity contribution >= 4 is 28.7 Å². The van der Waals surface area contributed by atoms with Gasteiger partial charge in [-0.1, -0.05) is 67.9 Å². The monoisotopic (exact) mass is 319 g/mol. The summed E-state index contributed by atoms with van der Waals surface area (Å²) in [5.74, 6) is 0. The van der Waals surface area contributed by atoms with E-state index in [1.54, 1.807) is 0 Å². The van der Waals surface area contributed by atoms with E-state index in [0.717, 1.165) is 16.4 Å². The summed E-state index contributed by atoms with van der Waals surface area (Å²) in [5, 5.41) is 0.822. The Bertz CT molecular complexity index is 868. The van der Waals surface area contributed by atoms with Crippen LogP contribution < -0.4 is 4.90 Å². The molecule has 0 unspecified atom stereocenters. The van der Waals surface area contributed by atoms with Crippen LogP contribution in [-0.2, 0) is 5.41 Å². The molecule has 0 aromatic heterocycles. The molecule has 0 saturated heterocycles. The Morgan fingerprint density at radius 1 is 0.739 bits per heavy atom. The van der Waals surface area contributed by atoms with E-state index in [2.05, 4.69) is 73.3 Å². The standard InChI is InChI=1S/C21H18ClN/c1-21(2)16-11-6-7-13-18(16)23(15-9-4-3-5-10-15)19-14-8-12-17(22)20(19)21/h3-14H,1-2H3. The molecule has 1 aliphatic rings. The number of benzene rings is 3. The lowest BCUT2D eigenvalue weighted by Gasteiger charge is -2.42. The molecule has 1 heterocycles. The van der Waals surface area contributed by atoms with Gasteiger partial charge in [-0.3, -0.25) is 0 Å². The molecule has 2 heteroatoms. The first kappa shape index (κ1) is 14.3. The molecular weight excluding hydrogens is 302 g/mol. The predicted octanol–water partition coefficient (Wildman–Crippen LogP) is 6.45. The molecule has 3 aromatic carbocycles. The summed E-state index contributed by atoms with van der Waals surface area (Å²) in [5.41, 5.74) is 5.88. The van der Waals surface area contributed by atoms with E-state index in [1.807, 2.05) is 18.2 Å². The molecule has 23 heavy (non-hydrogen) atoms. The summed E-state index contributed by atoms with van der Waals surface area (Å²) in [6.07, 6.45) is 0. The van der Waals surface area contributed by atoms with Crippen LogP contribution in [0.25, 0.3) is 0 Å².